The fourth-order valence-corrected chi connectivity index (χ4v) is 3.24. The van der Waals surface area contributed by atoms with Crippen molar-refractivity contribution < 1.29 is 4.79 Å². The van der Waals surface area contributed by atoms with Crippen LogP contribution in [0.15, 0.2) is 17.6 Å². The lowest BCUT2D eigenvalue weighted by Gasteiger charge is -2.31. The molecule has 1 atom stereocenters. The van der Waals surface area contributed by atoms with Gasteiger partial charge >= 0.3 is 0 Å². The van der Waals surface area contributed by atoms with E-state index in [1.165, 1.54) is 11.3 Å². The quantitative estimate of drug-likeness (QED) is 0.942. The Balaban J connectivity index is 1.81. The maximum absolute atomic E-state index is 11.6. The van der Waals surface area contributed by atoms with Gasteiger partial charge in [0.15, 0.2) is 5.13 Å². The summed E-state index contributed by atoms with van der Waals surface area (Å²) in [6, 6.07) is 1.91. The average Bonchev–Trinajstić information content (AvgIpc) is 2.99. The fraction of sp³-hybridized carbons (Fsp3) is 0.467. The summed E-state index contributed by atoms with van der Waals surface area (Å²) in [6.45, 7) is 5.12. The highest BCUT2D eigenvalue weighted by molar-refractivity contribution is 7.13. The van der Waals surface area contributed by atoms with E-state index in [9.17, 15) is 4.79 Å². The molecule has 1 aliphatic rings. The van der Waals surface area contributed by atoms with Crippen molar-refractivity contribution >= 4 is 28.2 Å². The Morgan fingerprint density at radius 1 is 1.45 bits per heavy atom. The molecule has 1 amide bonds. The molecule has 6 nitrogen and oxygen atoms in total. The topological polar surface area (TPSA) is 71.0 Å². The van der Waals surface area contributed by atoms with E-state index in [1.54, 1.807) is 13.1 Å². The maximum Gasteiger partial charge on any atom is 0.219 e. The van der Waals surface area contributed by atoms with Gasteiger partial charge in [0.05, 0.1) is 0 Å². The van der Waals surface area contributed by atoms with Crippen molar-refractivity contribution in [2.75, 3.05) is 18.4 Å². The van der Waals surface area contributed by atoms with E-state index < -0.39 is 0 Å². The Hall–Kier alpha value is -2.02. The van der Waals surface area contributed by atoms with Gasteiger partial charge in [-0.05, 0) is 19.8 Å². The first-order valence-electron chi connectivity index (χ1n) is 7.39. The fourth-order valence-electron chi connectivity index (χ4n) is 2.71. The Labute approximate surface area is 133 Å². The zero-order chi connectivity index (χ0) is 15.5. The Kier molecular flexibility index (Phi) is 4.33. The molecule has 2 aromatic heterocycles. The molecule has 2 aromatic rings. The van der Waals surface area contributed by atoms with E-state index in [1.807, 2.05) is 23.3 Å². The third-order valence-electron chi connectivity index (χ3n) is 3.77. The number of hydrogen-bond donors (Lipinski definition) is 1. The summed E-state index contributed by atoms with van der Waals surface area (Å²) >= 11 is 1.53. The van der Waals surface area contributed by atoms with Crippen LogP contribution in [0.2, 0.25) is 0 Å². The van der Waals surface area contributed by atoms with Crippen LogP contribution in [0.4, 0.5) is 10.9 Å². The van der Waals surface area contributed by atoms with Crippen LogP contribution in [0, 0.1) is 6.92 Å². The number of anilines is 2. The second-order valence-corrected chi connectivity index (χ2v) is 6.41. The molecule has 116 valence electrons. The van der Waals surface area contributed by atoms with Crippen molar-refractivity contribution in [3.63, 3.8) is 0 Å². The number of thiazole rings is 1. The molecule has 22 heavy (non-hydrogen) atoms. The highest BCUT2D eigenvalue weighted by Crippen LogP contribution is 2.26. The number of carbonyl (C=O) groups is 1. The number of amides is 1. The summed E-state index contributed by atoms with van der Waals surface area (Å²) in [5, 5.41) is 5.95. The van der Waals surface area contributed by atoms with E-state index in [4.69, 9.17) is 0 Å². The SMILES string of the molecule is CC(=O)N1CCCC(c2nc(C)cc(Nc3nccs3)n2)C1. The van der Waals surface area contributed by atoms with Gasteiger partial charge in [-0.1, -0.05) is 0 Å². The predicted molar refractivity (Wildman–Crippen MR) is 86.4 cm³/mol. The minimum Gasteiger partial charge on any atom is -0.342 e. The lowest BCUT2D eigenvalue weighted by molar-refractivity contribution is -0.130. The van der Waals surface area contributed by atoms with Gasteiger partial charge in [-0.2, -0.15) is 0 Å². The summed E-state index contributed by atoms with van der Waals surface area (Å²) in [5.41, 5.74) is 0.920. The van der Waals surface area contributed by atoms with Crippen LogP contribution in [0.5, 0.6) is 0 Å². The predicted octanol–water partition coefficient (Wildman–Crippen LogP) is 2.71. The molecular weight excluding hydrogens is 298 g/mol. The Bertz CT molecular complexity index is 658. The van der Waals surface area contributed by atoms with E-state index >= 15 is 0 Å². The van der Waals surface area contributed by atoms with Crippen molar-refractivity contribution in [3.05, 3.63) is 29.2 Å². The van der Waals surface area contributed by atoms with Crippen molar-refractivity contribution in [2.24, 2.45) is 0 Å². The van der Waals surface area contributed by atoms with Crippen LogP contribution in [0.1, 0.15) is 37.2 Å². The summed E-state index contributed by atoms with van der Waals surface area (Å²) in [6.07, 6.45) is 3.77. The number of piperidine rings is 1. The zero-order valence-corrected chi connectivity index (χ0v) is 13.6. The third kappa shape index (κ3) is 3.41. The molecular formula is C15H19N5OS. The highest BCUT2D eigenvalue weighted by Gasteiger charge is 2.25. The summed E-state index contributed by atoms with van der Waals surface area (Å²) < 4.78 is 0. The van der Waals surface area contributed by atoms with Crippen molar-refractivity contribution in [3.8, 4) is 0 Å². The first-order chi connectivity index (χ1) is 10.6. The van der Waals surface area contributed by atoms with Crippen molar-refractivity contribution in [2.45, 2.75) is 32.6 Å². The molecule has 0 radical (unpaired) electrons. The van der Waals surface area contributed by atoms with Crippen molar-refractivity contribution in [1.29, 1.82) is 0 Å². The number of nitrogens with one attached hydrogen (secondary N) is 1. The molecule has 0 saturated carbocycles. The van der Waals surface area contributed by atoms with Gasteiger partial charge in [-0.25, -0.2) is 15.0 Å². The molecule has 1 saturated heterocycles. The van der Waals surface area contributed by atoms with Gasteiger partial charge in [-0.3, -0.25) is 4.79 Å². The zero-order valence-electron chi connectivity index (χ0n) is 12.7. The number of aromatic nitrogens is 3. The summed E-state index contributed by atoms with van der Waals surface area (Å²) in [4.78, 5) is 26.9. The van der Waals surface area contributed by atoms with Gasteiger partial charge < -0.3 is 10.2 Å². The van der Waals surface area contributed by atoms with Gasteiger partial charge in [-0.15, -0.1) is 11.3 Å². The van der Waals surface area contributed by atoms with Crippen LogP contribution in [0.25, 0.3) is 0 Å². The molecule has 1 unspecified atom stereocenters. The summed E-state index contributed by atoms with van der Waals surface area (Å²) in [5.74, 6) is 1.90. The van der Waals surface area contributed by atoms with E-state index in [2.05, 4.69) is 20.3 Å². The first kappa shape index (κ1) is 14.9. The van der Waals surface area contributed by atoms with Crippen LogP contribution < -0.4 is 5.32 Å². The number of carbonyl (C=O) groups excluding carboxylic acids is 1. The molecule has 1 fully saturated rings. The Morgan fingerprint density at radius 3 is 3.05 bits per heavy atom. The normalized spacial score (nSPS) is 18.3. The monoisotopic (exact) mass is 317 g/mol. The first-order valence-corrected chi connectivity index (χ1v) is 8.27. The number of hydrogen-bond acceptors (Lipinski definition) is 6. The number of aryl methyl sites for hydroxylation is 1. The van der Waals surface area contributed by atoms with Crippen LogP contribution in [0.3, 0.4) is 0 Å². The summed E-state index contributed by atoms with van der Waals surface area (Å²) in [7, 11) is 0. The largest absolute Gasteiger partial charge is 0.342 e. The number of likely N-dealkylation sites (tertiary alicyclic amines) is 1. The highest BCUT2D eigenvalue weighted by atomic mass is 32.1. The molecule has 1 N–H and O–H groups in total. The molecule has 3 rings (SSSR count). The van der Waals surface area contributed by atoms with Crippen LogP contribution >= 0.6 is 11.3 Å². The molecule has 7 heteroatoms. The van der Waals surface area contributed by atoms with E-state index in [0.717, 1.165) is 41.9 Å². The minimum atomic E-state index is 0.124. The van der Waals surface area contributed by atoms with Gasteiger partial charge in [0.2, 0.25) is 5.91 Å². The molecule has 0 aliphatic carbocycles. The second kappa shape index (κ2) is 6.39. The lowest BCUT2D eigenvalue weighted by Crippen LogP contribution is -2.38. The molecule has 0 spiro atoms. The van der Waals surface area contributed by atoms with Crippen molar-refractivity contribution in [1.82, 2.24) is 19.9 Å². The molecule has 0 bridgehead atoms. The van der Waals surface area contributed by atoms with Crippen LogP contribution in [-0.2, 0) is 4.79 Å². The number of nitrogens with zero attached hydrogens (tertiary/aromatic N) is 4. The lowest BCUT2D eigenvalue weighted by atomic mass is 9.97. The molecule has 3 heterocycles. The third-order valence-corrected chi connectivity index (χ3v) is 4.46. The average molecular weight is 317 g/mol. The van der Waals surface area contributed by atoms with Gasteiger partial charge in [0.25, 0.3) is 0 Å². The molecule has 1 aliphatic heterocycles. The van der Waals surface area contributed by atoms with E-state index in [0.29, 0.717) is 6.54 Å². The second-order valence-electron chi connectivity index (χ2n) is 5.52. The Morgan fingerprint density at radius 2 is 2.32 bits per heavy atom. The van der Waals surface area contributed by atoms with Gasteiger partial charge in [0.1, 0.15) is 11.6 Å². The van der Waals surface area contributed by atoms with Gasteiger partial charge in [0, 0.05) is 49.3 Å². The maximum atomic E-state index is 11.6. The minimum absolute atomic E-state index is 0.124. The molecule has 0 aromatic carbocycles. The van der Waals surface area contributed by atoms with E-state index in [-0.39, 0.29) is 11.8 Å². The van der Waals surface area contributed by atoms with Crippen LogP contribution in [-0.4, -0.2) is 38.8 Å². The smallest absolute Gasteiger partial charge is 0.219 e. The number of rotatable bonds is 3. The standard InChI is InChI=1S/C15H19N5OS/c1-10-8-13(19-15-16-5-7-22-15)18-14(17-10)12-4-3-6-20(9-12)11(2)21/h5,7-8,12H,3-4,6,9H2,1-2H3,(H,16,17,18,19).